The van der Waals surface area contributed by atoms with E-state index in [0.717, 1.165) is 19.4 Å². The highest BCUT2D eigenvalue weighted by Gasteiger charge is 2.29. The molecular formula is C11H15NO3S. The number of aliphatic hydroxyl groups excluding tert-OH is 1. The zero-order chi connectivity index (χ0) is 11.5. The molecule has 5 heteroatoms. The summed E-state index contributed by atoms with van der Waals surface area (Å²) in [7, 11) is 1.59. The van der Waals surface area contributed by atoms with Crippen LogP contribution < -0.4 is 4.74 Å². The van der Waals surface area contributed by atoms with Gasteiger partial charge in [0.2, 0.25) is 0 Å². The van der Waals surface area contributed by atoms with Crippen molar-refractivity contribution in [1.29, 1.82) is 0 Å². The molecule has 0 radical (unpaired) electrons. The molecule has 1 saturated heterocycles. The molecule has 1 aliphatic heterocycles. The smallest absolute Gasteiger partial charge is 0.264 e. The van der Waals surface area contributed by atoms with Gasteiger partial charge in [0.25, 0.3) is 5.91 Å². The number of rotatable bonds is 3. The van der Waals surface area contributed by atoms with E-state index in [0.29, 0.717) is 10.6 Å². The van der Waals surface area contributed by atoms with Crippen molar-refractivity contribution in [3.63, 3.8) is 0 Å². The van der Waals surface area contributed by atoms with Crippen LogP contribution in [0.3, 0.4) is 0 Å². The Morgan fingerprint density at radius 2 is 2.56 bits per heavy atom. The minimum absolute atomic E-state index is 0.00449. The predicted octanol–water partition coefficient (Wildman–Crippen LogP) is 1.35. The molecule has 2 heterocycles. The van der Waals surface area contributed by atoms with Crippen LogP contribution >= 0.6 is 11.3 Å². The highest BCUT2D eigenvalue weighted by atomic mass is 32.1. The van der Waals surface area contributed by atoms with E-state index in [1.807, 2.05) is 5.38 Å². The fraction of sp³-hybridized carbons (Fsp3) is 0.545. The molecule has 88 valence electrons. The fourth-order valence-electron chi connectivity index (χ4n) is 1.97. The Balaban J connectivity index is 2.12. The lowest BCUT2D eigenvalue weighted by Crippen LogP contribution is -2.37. The maximum absolute atomic E-state index is 12.1. The zero-order valence-electron chi connectivity index (χ0n) is 9.18. The molecule has 1 aromatic heterocycles. The van der Waals surface area contributed by atoms with Crippen LogP contribution in [0.4, 0.5) is 0 Å². The van der Waals surface area contributed by atoms with E-state index < -0.39 is 0 Å². The number of hydrogen-bond donors (Lipinski definition) is 1. The molecule has 0 saturated carbocycles. The van der Waals surface area contributed by atoms with Gasteiger partial charge < -0.3 is 14.7 Å². The normalized spacial score (nSPS) is 20.1. The topological polar surface area (TPSA) is 49.8 Å². The fourth-order valence-corrected chi connectivity index (χ4v) is 2.78. The van der Waals surface area contributed by atoms with Crippen molar-refractivity contribution in [1.82, 2.24) is 4.90 Å². The van der Waals surface area contributed by atoms with Crippen LogP contribution in [-0.2, 0) is 0 Å². The second-order valence-corrected chi connectivity index (χ2v) is 4.74. The van der Waals surface area contributed by atoms with Crippen LogP contribution in [0.2, 0.25) is 0 Å². The summed E-state index contributed by atoms with van der Waals surface area (Å²) in [6.07, 6.45) is 1.87. The van der Waals surface area contributed by atoms with Gasteiger partial charge in [0, 0.05) is 18.0 Å². The third-order valence-corrected chi connectivity index (χ3v) is 3.77. The van der Waals surface area contributed by atoms with Gasteiger partial charge in [0.1, 0.15) is 5.75 Å². The Bertz CT molecular complexity index is 377. The molecule has 1 aromatic rings. The van der Waals surface area contributed by atoms with Gasteiger partial charge in [-0.1, -0.05) is 0 Å². The van der Waals surface area contributed by atoms with Crippen molar-refractivity contribution >= 4 is 17.2 Å². The number of carbonyl (C=O) groups excluding carboxylic acids is 1. The van der Waals surface area contributed by atoms with E-state index in [9.17, 15) is 4.79 Å². The average molecular weight is 241 g/mol. The van der Waals surface area contributed by atoms with Crippen LogP contribution in [0, 0.1) is 0 Å². The van der Waals surface area contributed by atoms with Gasteiger partial charge >= 0.3 is 0 Å². The van der Waals surface area contributed by atoms with Crippen LogP contribution in [0.25, 0.3) is 0 Å². The van der Waals surface area contributed by atoms with Crippen molar-refractivity contribution in [2.75, 3.05) is 20.3 Å². The number of methoxy groups -OCH3 is 1. The molecule has 4 nitrogen and oxygen atoms in total. The molecule has 0 aromatic carbocycles. The van der Waals surface area contributed by atoms with Gasteiger partial charge in [-0.05, 0) is 12.8 Å². The minimum Gasteiger partial charge on any atom is -0.496 e. The molecular weight excluding hydrogens is 226 g/mol. The third kappa shape index (κ3) is 2.05. The molecule has 0 bridgehead atoms. The first-order valence-electron chi connectivity index (χ1n) is 5.30. The second kappa shape index (κ2) is 4.84. The summed E-state index contributed by atoms with van der Waals surface area (Å²) in [5.41, 5.74) is 0. The van der Waals surface area contributed by atoms with Crippen molar-refractivity contribution in [2.45, 2.75) is 18.9 Å². The number of carbonyl (C=O) groups is 1. The van der Waals surface area contributed by atoms with E-state index >= 15 is 0 Å². The van der Waals surface area contributed by atoms with Crippen molar-refractivity contribution in [3.05, 3.63) is 16.3 Å². The first kappa shape index (κ1) is 11.4. The standard InChI is InChI=1S/C11H15NO3S/c1-15-9-5-10(16-7-9)11(14)12-4-2-3-8(12)6-13/h5,7-8,13H,2-4,6H2,1H3. The maximum atomic E-state index is 12.1. The monoisotopic (exact) mass is 241 g/mol. The van der Waals surface area contributed by atoms with Crippen molar-refractivity contribution < 1.29 is 14.6 Å². The summed E-state index contributed by atoms with van der Waals surface area (Å²) in [5.74, 6) is 0.720. The number of hydrogen-bond acceptors (Lipinski definition) is 4. The molecule has 1 unspecified atom stereocenters. The quantitative estimate of drug-likeness (QED) is 0.869. The molecule has 1 amide bonds. The van der Waals surface area contributed by atoms with Crippen LogP contribution in [0.15, 0.2) is 11.4 Å². The van der Waals surface area contributed by atoms with E-state index in [1.54, 1.807) is 18.1 Å². The highest BCUT2D eigenvalue weighted by molar-refractivity contribution is 7.12. The third-order valence-electron chi connectivity index (χ3n) is 2.87. The summed E-state index contributed by atoms with van der Waals surface area (Å²) < 4.78 is 5.05. The van der Waals surface area contributed by atoms with E-state index in [-0.39, 0.29) is 18.6 Å². The first-order chi connectivity index (χ1) is 7.76. The van der Waals surface area contributed by atoms with Gasteiger partial charge in [-0.25, -0.2) is 0 Å². The summed E-state index contributed by atoms with van der Waals surface area (Å²) >= 11 is 1.38. The number of thiophene rings is 1. The molecule has 2 rings (SSSR count). The maximum Gasteiger partial charge on any atom is 0.264 e. The lowest BCUT2D eigenvalue weighted by molar-refractivity contribution is 0.0682. The number of aliphatic hydroxyl groups is 1. The zero-order valence-corrected chi connectivity index (χ0v) is 10.00. The Kier molecular flexibility index (Phi) is 3.46. The van der Waals surface area contributed by atoms with Crippen LogP contribution in [0.5, 0.6) is 5.75 Å². The van der Waals surface area contributed by atoms with Gasteiger partial charge in [-0.3, -0.25) is 4.79 Å². The van der Waals surface area contributed by atoms with Crippen molar-refractivity contribution in [3.8, 4) is 5.75 Å². The first-order valence-corrected chi connectivity index (χ1v) is 6.18. The largest absolute Gasteiger partial charge is 0.496 e. The molecule has 1 aliphatic rings. The number of nitrogens with zero attached hydrogens (tertiary/aromatic N) is 1. The van der Waals surface area contributed by atoms with E-state index in [4.69, 9.17) is 9.84 Å². The van der Waals surface area contributed by atoms with Gasteiger partial charge in [0.05, 0.1) is 24.6 Å². The van der Waals surface area contributed by atoms with Crippen molar-refractivity contribution in [2.24, 2.45) is 0 Å². The van der Waals surface area contributed by atoms with Crippen LogP contribution in [-0.4, -0.2) is 42.2 Å². The molecule has 0 aliphatic carbocycles. The molecule has 1 N–H and O–H groups in total. The Labute approximate surface area is 98.4 Å². The van der Waals surface area contributed by atoms with Gasteiger partial charge in [-0.2, -0.15) is 0 Å². The number of amides is 1. The molecule has 16 heavy (non-hydrogen) atoms. The number of ether oxygens (including phenoxy) is 1. The summed E-state index contributed by atoms with van der Waals surface area (Å²) in [6.45, 7) is 0.790. The Hall–Kier alpha value is -1.07. The predicted molar refractivity (Wildman–Crippen MR) is 62.0 cm³/mol. The molecule has 0 spiro atoms. The summed E-state index contributed by atoms with van der Waals surface area (Å²) in [5, 5.41) is 11.0. The molecule has 1 atom stereocenters. The van der Waals surface area contributed by atoms with Crippen LogP contribution in [0.1, 0.15) is 22.5 Å². The number of likely N-dealkylation sites (tertiary alicyclic amines) is 1. The average Bonchev–Trinajstić information content (AvgIpc) is 2.96. The summed E-state index contributed by atoms with van der Waals surface area (Å²) in [4.78, 5) is 14.5. The lowest BCUT2D eigenvalue weighted by Gasteiger charge is -2.22. The van der Waals surface area contributed by atoms with Gasteiger partial charge in [0.15, 0.2) is 0 Å². The Morgan fingerprint density at radius 1 is 1.75 bits per heavy atom. The van der Waals surface area contributed by atoms with E-state index in [1.165, 1.54) is 11.3 Å². The van der Waals surface area contributed by atoms with E-state index in [2.05, 4.69) is 0 Å². The van der Waals surface area contributed by atoms with Gasteiger partial charge in [-0.15, -0.1) is 11.3 Å². The minimum atomic E-state index is -0.0133. The molecule has 1 fully saturated rings. The summed E-state index contributed by atoms with van der Waals surface area (Å²) in [6, 6.07) is 1.74. The SMILES string of the molecule is COc1csc(C(=O)N2CCCC2CO)c1. The lowest BCUT2D eigenvalue weighted by atomic mass is 10.2. The Morgan fingerprint density at radius 3 is 3.19 bits per heavy atom. The highest BCUT2D eigenvalue weighted by Crippen LogP contribution is 2.26. The second-order valence-electron chi connectivity index (χ2n) is 3.83.